The summed E-state index contributed by atoms with van der Waals surface area (Å²) in [6, 6.07) is 19.9. The number of aromatic nitrogens is 1. The molecule has 1 aromatic heterocycles. The van der Waals surface area contributed by atoms with Crippen LogP contribution in [0.4, 0.5) is 5.13 Å². The summed E-state index contributed by atoms with van der Waals surface area (Å²) in [5.74, 6) is 0.674. The van der Waals surface area contributed by atoms with Crippen molar-refractivity contribution in [3.05, 3.63) is 88.5 Å². The summed E-state index contributed by atoms with van der Waals surface area (Å²) in [5, 5.41) is 0.673. The van der Waals surface area contributed by atoms with Gasteiger partial charge in [0, 0.05) is 5.56 Å². The lowest BCUT2D eigenvalue weighted by Gasteiger charge is -2.21. The molecule has 0 unspecified atom stereocenters. The zero-order valence-electron chi connectivity index (χ0n) is 17.6. The van der Waals surface area contributed by atoms with E-state index in [1.807, 2.05) is 74.5 Å². The van der Waals surface area contributed by atoms with Crippen LogP contribution in [0.3, 0.4) is 0 Å². The number of amides is 1. The number of carbonyl (C=O) groups excluding carboxylic acids is 1. The first-order valence-electron chi connectivity index (χ1n) is 9.85. The first-order valence-corrected chi connectivity index (χ1v) is 10.7. The summed E-state index contributed by atoms with van der Waals surface area (Å²) in [6.07, 6.45) is 0. The number of thiazole rings is 1. The fourth-order valence-electron chi connectivity index (χ4n) is 3.48. The number of carbonyl (C=O) groups is 1. The van der Waals surface area contributed by atoms with Gasteiger partial charge in [-0.05, 0) is 49.6 Å². The molecule has 4 aromatic rings. The molecule has 4 nitrogen and oxygen atoms in total. The van der Waals surface area contributed by atoms with Crippen molar-refractivity contribution >= 4 is 32.6 Å². The first kappa shape index (κ1) is 20.1. The van der Waals surface area contributed by atoms with E-state index < -0.39 is 0 Å². The fourth-order valence-corrected chi connectivity index (χ4v) is 4.53. The van der Waals surface area contributed by atoms with E-state index in [4.69, 9.17) is 9.72 Å². The van der Waals surface area contributed by atoms with E-state index >= 15 is 0 Å². The summed E-state index contributed by atoms with van der Waals surface area (Å²) < 4.78 is 6.55. The Morgan fingerprint density at radius 2 is 1.73 bits per heavy atom. The number of fused-ring (bicyclic) bond motifs is 1. The van der Waals surface area contributed by atoms with Gasteiger partial charge in [-0.1, -0.05) is 65.4 Å². The predicted molar refractivity (Wildman–Crippen MR) is 124 cm³/mol. The van der Waals surface area contributed by atoms with Gasteiger partial charge in [-0.25, -0.2) is 4.98 Å². The summed E-state index contributed by atoms with van der Waals surface area (Å²) in [5.41, 5.74) is 5.69. The van der Waals surface area contributed by atoms with Crippen LogP contribution in [0.1, 0.15) is 32.6 Å². The SMILES string of the molecule is COc1ccc(C)c2sc(N(Cc3ccccc3)C(=O)c3cc(C)ccc3C)nc12. The largest absolute Gasteiger partial charge is 0.494 e. The van der Waals surface area contributed by atoms with Crippen LogP contribution in [-0.4, -0.2) is 18.0 Å². The molecule has 0 saturated heterocycles. The zero-order valence-corrected chi connectivity index (χ0v) is 18.4. The zero-order chi connectivity index (χ0) is 21.3. The normalized spacial score (nSPS) is 10.9. The number of benzene rings is 3. The molecular weight excluding hydrogens is 392 g/mol. The maximum Gasteiger partial charge on any atom is 0.260 e. The molecular formula is C25H24N2O2S. The monoisotopic (exact) mass is 416 g/mol. The van der Waals surface area contributed by atoms with Gasteiger partial charge < -0.3 is 4.74 Å². The Morgan fingerprint density at radius 3 is 2.47 bits per heavy atom. The average Bonchev–Trinajstić information content (AvgIpc) is 3.20. The third-order valence-corrected chi connectivity index (χ3v) is 6.41. The minimum absolute atomic E-state index is 0.0456. The van der Waals surface area contributed by atoms with Gasteiger partial charge in [0.2, 0.25) is 0 Å². The van der Waals surface area contributed by atoms with Crippen molar-refractivity contribution in [1.29, 1.82) is 0 Å². The molecule has 0 atom stereocenters. The first-order chi connectivity index (χ1) is 14.5. The third kappa shape index (κ3) is 3.81. The highest BCUT2D eigenvalue weighted by atomic mass is 32.1. The van der Waals surface area contributed by atoms with Gasteiger partial charge in [0.1, 0.15) is 11.3 Å². The van der Waals surface area contributed by atoms with Crippen molar-refractivity contribution in [1.82, 2.24) is 4.98 Å². The molecule has 0 radical (unpaired) electrons. The van der Waals surface area contributed by atoms with Crippen LogP contribution >= 0.6 is 11.3 Å². The number of hydrogen-bond donors (Lipinski definition) is 0. The molecule has 1 heterocycles. The molecule has 3 aromatic carbocycles. The summed E-state index contributed by atoms with van der Waals surface area (Å²) in [4.78, 5) is 20.3. The number of nitrogens with zero attached hydrogens (tertiary/aromatic N) is 2. The van der Waals surface area contributed by atoms with E-state index in [-0.39, 0.29) is 5.91 Å². The van der Waals surface area contributed by atoms with E-state index in [2.05, 4.69) is 6.92 Å². The van der Waals surface area contributed by atoms with Crippen LogP contribution in [0, 0.1) is 20.8 Å². The standard InChI is InChI=1S/C25H24N2O2S/c1-16-10-11-17(2)20(14-16)24(28)27(15-19-8-6-5-7-9-19)25-26-22-21(29-4)13-12-18(3)23(22)30-25/h5-14H,15H2,1-4H3. The lowest BCUT2D eigenvalue weighted by molar-refractivity contribution is 0.0984. The number of hydrogen-bond acceptors (Lipinski definition) is 4. The lowest BCUT2D eigenvalue weighted by atomic mass is 10.0. The Hall–Kier alpha value is -3.18. The number of methoxy groups -OCH3 is 1. The highest BCUT2D eigenvalue weighted by Crippen LogP contribution is 2.37. The van der Waals surface area contributed by atoms with Gasteiger partial charge in [0.05, 0.1) is 18.4 Å². The minimum Gasteiger partial charge on any atom is -0.494 e. The Balaban J connectivity index is 1.85. The summed E-state index contributed by atoms with van der Waals surface area (Å²) in [7, 11) is 1.64. The van der Waals surface area contributed by atoms with Gasteiger partial charge in [-0.3, -0.25) is 9.69 Å². The Morgan fingerprint density at radius 1 is 1.00 bits per heavy atom. The van der Waals surface area contributed by atoms with E-state index in [0.29, 0.717) is 17.2 Å². The molecule has 1 amide bonds. The molecule has 0 N–H and O–H groups in total. The van der Waals surface area contributed by atoms with Crippen molar-refractivity contribution in [2.24, 2.45) is 0 Å². The smallest absolute Gasteiger partial charge is 0.260 e. The fraction of sp³-hybridized carbons (Fsp3) is 0.200. The number of aryl methyl sites for hydroxylation is 3. The molecule has 0 fully saturated rings. The third-order valence-electron chi connectivity index (χ3n) is 5.20. The second-order valence-corrected chi connectivity index (χ2v) is 8.43. The maximum atomic E-state index is 13.7. The van der Waals surface area contributed by atoms with Crippen LogP contribution in [0.2, 0.25) is 0 Å². The lowest BCUT2D eigenvalue weighted by Crippen LogP contribution is -2.31. The van der Waals surface area contributed by atoms with Crippen molar-refractivity contribution in [2.45, 2.75) is 27.3 Å². The van der Waals surface area contributed by atoms with Gasteiger partial charge >= 0.3 is 0 Å². The van der Waals surface area contributed by atoms with Crippen molar-refractivity contribution in [3.63, 3.8) is 0 Å². The van der Waals surface area contributed by atoms with Crippen LogP contribution in [0.15, 0.2) is 60.7 Å². The second-order valence-electron chi connectivity index (χ2n) is 7.45. The Labute approximate surface area is 180 Å². The molecule has 0 bridgehead atoms. The van der Waals surface area contributed by atoms with E-state index in [9.17, 15) is 4.79 Å². The Kier molecular flexibility index (Phi) is 5.55. The van der Waals surface area contributed by atoms with E-state index in [1.54, 1.807) is 12.0 Å². The van der Waals surface area contributed by atoms with Gasteiger partial charge in [0.25, 0.3) is 5.91 Å². The number of anilines is 1. The van der Waals surface area contributed by atoms with Crippen LogP contribution in [0.25, 0.3) is 10.2 Å². The number of rotatable bonds is 5. The quantitative estimate of drug-likeness (QED) is 0.396. The minimum atomic E-state index is -0.0456. The van der Waals surface area contributed by atoms with Crippen molar-refractivity contribution in [3.8, 4) is 5.75 Å². The van der Waals surface area contributed by atoms with Crippen LogP contribution in [-0.2, 0) is 6.54 Å². The average molecular weight is 417 g/mol. The molecule has 0 saturated carbocycles. The molecule has 0 spiro atoms. The summed E-state index contributed by atoms with van der Waals surface area (Å²) in [6.45, 7) is 6.48. The van der Waals surface area contributed by atoms with Crippen molar-refractivity contribution in [2.75, 3.05) is 12.0 Å². The van der Waals surface area contributed by atoms with Crippen molar-refractivity contribution < 1.29 is 9.53 Å². The van der Waals surface area contributed by atoms with Gasteiger partial charge in [-0.2, -0.15) is 0 Å². The van der Waals surface area contributed by atoms with Gasteiger partial charge in [-0.15, -0.1) is 0 Å². The second kappa shape index (κ2) is 8.28. The van der Waals surface area contributed by atoms with E-state index in [0.717, 1.165) is 38.2 Å². The molecule has 0 aliphatic heterocycles. The highest BCUT2D eigenvalue weighted by molar-refractivity contribution is 7.22. The maximum absolute atomic E-state index is 13.7. The van der Waals surface area contributed by atoms with E-state index in [1.165, 1.54) is 11.3 Å². The van der Waals surface area contributed by atoms with Crippen LogP contribution in [0.5, 0.6) is 5.75 Å². The molecule has 0 aliphatic carbocycles. The predicted octanol–water partition coefficient (Wildman–Crippen LogP) is 6.08. The number of ether oxygens (including phenoxy) is 1. The molecule has 5 heteroatoms. The van der Waals surface area contributed by atoms with Gasteiger partial charge in [0.15, 0.2) is 5.13 Å². The molecule has 4 rings (SSSR count). The molecule has 0 aliphatic rings. The van der Waals surface area contributed by atoms with Crippen LogP contribution < -0.4 is 9.64 Å². The highest BCUT2D eigenvalue weighted by Gasteiger charge is 2.24. The molecule has 30 heavy (non-hydrogen) atoms. The topological polar surface area (TPSA) is 42.4 Å². The Bertz CT molecular complexity index is 1210. The molecule has 152 valence electrons. The summed E-state index contributed by atoms with van der Waals surface area (Å²) >= 11 is 1.53.